The predicted molar refractivity (Wildman–Crippen MR) is 188 cm³/mol. The summed E-state index contributed by atoms with van der Waals surface area (Å²) in [5, 5.41) is 7.98. The van der Waals surface area contributed by atoms with Crippen molar-refractivity contribution in [3.63, 3.8) is 0 Å². The normalized spacial score (nSPS) is 35.8. The Morgan fingerprint density at radius 1 is 0.591 bits per heavy atom. The molecule has 8 atom stereocenters. The Kier molecular flexibility index (Phi) is 14.7. The first-order valence-electron chi connectivity index (χ1n) is 18.8. The smallest absolute Gasteiger partial charge is 0.222 e. The molecule has 0 spiro atoms. The van der Waals surface area contributed by atoms with E-state index in [2.05, 4.69) is 104 Å². The summed E-state index contributed by atoms with van der Waals surface area (Å²) < 4.78 is 0. The monoisotopic (exact) mass is 619 g/mol. The second-order valence-corrected chi connectivity index (χ2v) is 15.8. The molecule has 44 heavy (non-hydrogen) atoms. The highest BCUT2D eigenvalue weighted by atomic mass is 16.2. The minimum Gasteiger partial charge on any atom is -0.339 e. The number of rotatable bonds is 17. The molecule has 2 N–H and O–H groups in total. The van der Waals surface area contributed by atoms with E-state index in [1.54, 1.807) is 0 Å². The third kappa shape index (κ3) is 9.23. The van der Waals surface area contributed by atoms with Crippen molar-refractivity contribution in [2.24, 2.45) is 11.8 Å². The first-order valence-corrected chi connectivity index (χ1v) is 18.8. The summed E-state index contributed by atoms with van der Waals surface area (Å²) in [6.45, 7) is 29.3. The Bertz CT molecular complexity index is 839. The largest absolute Gasteiger partial charge is 0.339 e. The van der Waals surface area contributed by atoms with Crippen LogP contribution in [0.15, 0.2) is 0 Å². The number of carbonyl (C=O) groups is 2. The molecule has 2 heterocycles. The van der Waals surface area contributed by atoms with Crippen molar-refractivity contribution in [3.05, 3.63) is 0 Å². The molecule has 0 saturated carbocycles. The second-order valence-electron chi connectivity index (χ2n) is 15.8. The van der Waals surface area contributed by atoms with Gasteiger partial charge in [-0.15, -0.1) is 0 Å². The summed E-state index contributed by atoms with van der Waals surface area (Å²) in [5.41, 5.74) is 0.101. The van der Waals surface area contributed by atoms with Gasteiger partial charge < -0.3 is 20.4 Å². The highest BCUT2D eigenvalue weighted by Crippen LogP contribution is 2.41. The average molecular weight is 619 g/mol. The lowest BCUT2D eigenvalue weighted by Crippen LogP contribution is -2.69. The minimum atomic E-state index is 0.0142. The first-order chi connectivity index (χ1) is 20.6. The van der Waals surface area contributed by atoms with E-state index in [9.17, 15) is 9.59 Å². The van der Waals surface area contributed by atoms with E-state index in [0.717, 1.165) is 90.1 Å². The molecule has 6 heteroatoms. The zero-order valence-electron chi connectivity index (χ0n) is 31.3. The van der Waals surface area contributed by atoms with Gasteiger partial charge in [-0.05, 0) is 104 Å². The van der Waals surface area contributed by atoms with Gasteiger partial charge >= 0.3 is 0 Å². The Labute approximate surface area is 273 Å². The Balaban J connectivity index is 2.13. The van der Waals surface area contributed by atoms with Crippen LogP contribution in [0, 0.1) is 11.8 Å². The topological polar surface area (TPSA) is 64.7 Å². The van der Waals surface area contributed by atoms with Gasteiger partial charge in [0.15, 0.2) is 0 Å². The van der Waals surface area contributed by atoms with E-state index in [0.29, 0.717) is 24.7 Å². The van der Waals surface area contributed by atoms with Crippen LogP contribution in [0.1, 0.15) is 173 Å². The van der Waals surface area contributed by atoms with Crippen LogP contribution in [0.5, 0.6) is 0 Å². The van der Waals surface area contributed by atoms with Gasteiger partial charge in [0, 0.05) is 60.2 Å². The number of nitrogens with one attached hydrogen (secondary N) is 2. The second kappa shape index (κ2) is 16.6. The summed E-state index contributed by atoms with van der Waals surface area (Å²) in [4.78, 5) is 32.3. The van der Waals surface area contributed by atoms with Gasteiger partial charge in [-0.3, -0.25) is 9.59 Å². The molecular formula is C38H74N4O2. The number of nitrogens with zero attached hydrogens (tertiary/aromatic N) is 2. The van der Waals surface area contributed by atoms with Gasteiger partial charge in [0.05, 0.1) is 0 Å². The number of carbonyl (C=O) groups excluding carboxylic acids is 2. The van der Waals surface area contributed by atoms with E-state index < -0.39 is 0 Å². The van der Waals surface area contributed by atoms with Crippen LogP contribution >= 0.6 is 0 Å². The summed E-state index contributed by atoms with van der Waals surface area (Å²) in [5.74, 6) is 1.34. The Morgan fingerprint density at radius 3 is 1.20 bits per heavy atom. The van der Waals surface area contributed by atoms with Crippen molar-refractivity contribution in [1.82, 2.24) is 20.4 Å². The molecule has 0 aromatic carbocycles. The highest BCUT2D eigenvalue weighted by Gasteiger charge is 2.50. The summed E-state index contributed by atoms with van der Waals surface area (Å²) >= 11 is 0. The Hall–Kier alpha value is -1.14. The van der Waals surface area contributed by atoms with Gasteiger partial charge in [0.25, 0.3) is 0 Å². The van der Waals surface area contributed by atoms with Crippen molar-refractivity contribution in [3.8, 4) is 0 Å². The SMILES string of the molecule is CCCCN(C(=O)CCCCC(=O)N(CCCC)C1CC(C)(CC)NC(C)(CC)C1C)C1CC(C)(CC)NC(C)(CC)C1C. The number of piperidine rings is 2. The fraction of sp³-hybridized carbons (Fsp3) is 0.947. The molecule has 2 fully saturated rings. The van der Waals surface area contributed by atoms with E-state index in [-0.39, 0.29) is 46.1 Å². The fourth-order valence-corrected chi connectivity index (χ4v) is 8.33. The highest BCUT2D eigenvalue weighted by molar-refractivity contribution is 5.78. The number of hydrogen-bond acceptors (Lipinski definition) is 4. The maximum atomic E-state index is 13.9. The molecule has 2 aliphatic rings. The molecule has 8 unspecified atom stereocenters. The maximum absolute atomic E-state index is 13.9. The van der Waals surface area contributed by atoms with Crippen LogP contribution in [0.4, 0.5) is 0 Å². The van der Waals surface area contributed by atoms with Crippen molar-refractivity contribution in [2.75, 3.05) is 13.1 Å². The van der Waals surface area contributed by atoms with Crippen LogP contribution in [0.3, 0.4) is 0 Å². The van der Waals surface area contributed by atoms with Gasteiger partial charge in [-0.25, -0.2) is 0 Å². The van der Waals surface area contributed by atoms with Gasteiger partial charge in [0.2, 0.25) is 11.8 Å². The molecule has 2 aliphatic heterocycles. The van der Waals surface area contributed by atoms with E-state index in [1.165, 1.54) is 0 Å². The van der Waals surface area contributed by atoms with Crippen molar-refractivity contribution >= 4 is 11.8 Å². The lowest BCUT2D eigenvalue weighted by atomic mass is 9.68. The first kappa shape index (κ1) is 39.0. The van der Waals surface area contributed by atoms with E-state index >= 15 is 0 Å². The molecule has 0 aromatic heterocycles. The van der Waals surface area contributed by atoms with Crippen LogP contribution in [0.25, 0.3) is 0 Å². The molecule has 0 aliphatic carbocycles. The zero-order valence-corrected chi connectivity index (χ0v) is 31.3. The van der Waals surface area contributed by atoms with Gasteiger partial charge in [-0.2, -0.15) is 0 Å². The van der Waals surface area contributed by atoms with E-state index in [4.69, 9.17) is 0 Å². The number of amides is 2. The average Bonchev–Trinajstić information content (AvgIpc) is 3.00. The van der Waals surface area contributed by atoms with Gasteiger partial charge in [0.1, 0.15) is 0 Å². The van der Waals surface area contributed by atoms with E-state index in [1.807, 2.05) is 0 Å². The predicted octanol–water partition coefficient (Wildman–Crippen LogP) is 8.48. The van der Waals surface area contributed by atoms with Crippen molar-refractivity contribution in [2.45, 2.75) is 207 Å². The number of unbranched alkanes of at least 4 members (excludes halogenated alkanes) is 3. The molecule has 6 nitrogen and oxygen atoms in total. The van der Waals surface area contributed by atoms with Crippen LogP contribution in [-0.2, 0) is 9.59 Å². The van der Waals surface area contributed by atoms with Crippen LogP contribution < -0.4 is 10.6 Å². The summed E-state index contributed by atoms with van der Waals surface area (Å²) in [6, 6.07) is 0.497. The molecule has 2 amide bonds. The standard InChI is InChI=1S/C38H74N4O2/c1-13-19-25-41(31-27-35(9,15-3)39-37(11,17-5)29(31)7)33(43)23-21-22-24-34(44)42(26-20-14-2)32-28-36(10,16-4)40-38(12,18-6)30(32)8/h29-32,39-40H,13-28H2,1-12H3. The molecule has 0 aromatic rings. The van der Waals surface area contributed by atoms with Crippen LogP contribution in [0.2, 0.25) is 0 Å². The van der Waals surface area contributed by atoms with Crippen LogP contribution in [-0.4, -0.2) is 68.9 Å². The molecule has 258 valence electrons. The fourth-order valence-electron chi connectivity index (χ4n) is 8.33. The quantitative estimate of drug-likeness (QED) is 0.161. The zero-order chi connectivity index (χ0) is 33.3. The lowest BCUT2D eigenvalue weighted by Gasteiger charge is -2.56. The van der Waals surface area contributed by atoms with Crippen molar-refractivity contribution in [1.29, 1.82) is 0 Å². The van der Waals surface area contributed by atoms with Gasteiger partial charge in [-0.1, -0.05) is 68.2 Å². The molecular weight excluding hydrogens is 544 g/mol. The lowest BCUT2D eigenvalue weighted by molar-refractivity contribution is -0.140. The third-order valence-electron chi connectivity index (χ3n) is 12.7. The summed E-state index contributed by atoms with van der Waals surface area (Å²) in [7, 11) is 0. The maximum Gasteiger partial charge on any atom is 0.222 e. The summed E-state index contributed by atoms with van der Waals surface area (Å²) in [6.07, 6.45) is 13.1. The van der Waals surface area contributed by atoms with Crippen molar-refractivity contribution < 1.29 is 9.59 Å². The number of hydrogen-bond donors (Lipinski definition) is 2. The minimum absolute atomic E-state index is 0.0142. The molecule has 2 rings (SSSR count). The molecule has 2 saturated heterocycles. The molecule has 0 bridgehead atoms. The Morgan fingerprint density at radius 2 is 0.932 bits per heavy atom. The molecule has 0 radical (unpaired) electrons. The third-order valence-corrected chi connectivity index (χ3v) is 12.7.